The predicted molar refractivity (Wildman–Crippen MR) is 377 cm³/mol. The van der Waals surface area contributed by atoms with Gasteiger partial charge in [-0.25, -0.2) is 8.78 Å². The molecule has 3 aliphatic heterocycles. The first-order valence-electron chi connectivity index (χ1n) is 38.6. The molecule has 12 amide bonds. The summed E-state index contributed by atoms with van der Waals surface area (Å²) < 4.78 is 121. The molecule has 0 aromatic carbocycles. The molecular weight excluding hydrogens is 1420 g/mol. The zero-order valence-corrected chi connectivity index (χ0v) is 64.4. The van der Waals surface area contributed by atoms with Crippen LogP contribution in [0.1, 0.15) is 189 Å². The van der Waals surface area contributed by atoms with Gasteiger partial charge in [-0.2, -0.15) is 26.3 Å². The van der Waals surface area contributed by atoms with Crippen LogP contribution in [-0.2, 0) is 62.3 Å². The Hall–Kier alpha value is -6.96. The molecule has 12 atom stereocenters. The number of amides is 12. The van der Waals surface area contributed by atoms with Crippen LogP contribution in [0.2, 0.25) is 0 Å². The third-order valence-corrected chi connectivity index (χ3v) is 24.0. The maximum atomic E-state index is 15.8. The highest BCUT2D eigenvalue weighted by Crippen LogP contribution is 2.46. The molecule has 1 spiro atoms. The van der Waals surface area contributed by atoms with Crippen LogP contribution in [0.15, 0.2) is 0 Å². The van der Waals surface area contributed by atoms with Crippen LogP contribution in [-0.4, -0.2) is 288 Å². The quantitative estimate of drug-likeness (QED) is 0.161. The van der Waals surface area contributed by atoms with E-state index in [0.717, 1.165) is 24.5 Å². The Morgan fingerprint density at radius 3 is 1.79 bits per heavy atom. The van der Waals surface area contributed by atoms with E-state index in [4.69, 9.17) is 4.74 Å². The van der Waals surface area contributed by atoms with Crippen molar-refractivity contribution in [1.82, 2.24) is 60.0 Å². The molecule has 7 aliphatic rings. The summed E-state index contributed by atoms with van der Waals surface area (Å²) >= 11 is 0. The predicted octanol–water partition coefficient (Wildman–Crippen LogP) is 6.33. The zero-order valence-electron chi connectivity index (χ0n) is 64.4. The largest absolute Gasteiger partial charge is 0.397 e. The third kappa shape index (κ3) is 20.9. The summed E-state index contributed by atoms with van der Waals surface area (Å²) in [6.45, 7) is 6.72. The molecule has 3 saturated heterocycles. The Bertz CT molecular complexity index is 3140. The second kappa shape index (κ2) is 37.6. The summed E-state index contributed by atoms with van der Waals surface area (Å²) in [5.74, 6) is -16.5. The van der Waals surface area contributed by atoms with E-state index in [1.165, 1.54) is 68.9 Å². The van der Waals surface area contributed by atoms with E-state index in [1.54, 1.807) is 34.6 Å². The van der Waals surface area contributed by atoms with Gasteiger partial charge in [-0.15, -0.1) is 0 Å². The van der Waals surface area contributed by atoms with Gasteiger partial charge in [-0.1, -0.05) is 47.0 Å². The van der Waals surface area contributed by atoms with Crippen LogP contribution < -0.4 is 16.0 Å². The summed E-state index contributed by atoms with van der Waals surface area (Å²) in [4.78, 5) is 191. The number of rotatable bonds is 14. The van der Waals surface area contributed by atoms with E-state index in [1.807, 2.05) is 0 Å². The lowest BCUT2D eigenvalue weighted by Gasteiger charge is -2.47. The van der Waals surface area contributed by atoms with E-state index >= 15 is 37.5 Å². The van der Waals surface area contributed by atoms with Gasteiger partial charge in [0, 0.05) is 82.0 Å². The number of nitrogens with one attached hydrogen (secondary N) is 3. The summed E-state index contributed by atoms with van der Waals surface area (Å²) in [5.41, 5.74) is -1.69. The molecule has 107 heavy (non-hydrogen) atoms. The molecule has 7 fully saturated rings. The zero-order chi connectivity index (χ0) is 79.5. The normalized spacial score (nSPS) is 31.9. The van der Waals surface area contributed by atoms with Gasteiger partial charge in [0.1, 0.15) is 72.1 Å². The molecule has 606 valence electrons. The number of halogens is 8. The number of hydrogen-bond acceptors (Lipinski definition) is 13. The van der Waals surface area contributed by atoms with E-state index in [-0.39, 0.29) is 110 Å². The van der Waals surface area contributed by atoms with E-state index in [2.05, 4.69) is 16.0 Å². The minimum Gasteiger partial charge on any atom is -0.377 e. The fourth-order valence-electron chi connectivity index (χ4n) is 17.3. The van der Waals surface area contributed by atoms with E-state index in [0.29, 0.717) is 44.9 Å². The number of carbonyl (C=O) groups is 12. The van der Waals surface area contributed by atoms with Gasteiger partial charge in [-0.05, 0) is 153 Å². The molecule has 0 aromatic rings. The summed E-state index contributed by atoms with van der Waals surface area (Å²) in [7, 11) is 9.61. The first-order chi connectivity index (χ1) is 50.2. The van der Waals surface area contributed by atoms with Crippen molar-refractivity contribution in [1.29, 1.82) is 0 Å². The molecule has 0 radical (unpaired) electrons. The van der Waals surface area contributed by atoms with E-state index < -0.39 is 230 Å². The van der Waals surface area contributed by atoms with Gasteiger partial charge in [0.25, 0.3) is 0 Å². The lowest BCUT2D eigenvalue weighted by molar-refractivity contribution is -0.219. The number of likely N-dealkylation sites (N-methyl/N-ethyl adjacent to an activating group) is 6. The second-order valence-electron chi connectivity index (χ2n) is 31.5. The number of hydrogen-bond donors (Lipinski definition) is 3. The Morgan fingerprint density at radius 1 is 0.626 bits per heavy atom. The van der Waals surface area contributed by atoms with Crippen LogP contribution in [0.3, 0.4) is 0 Å². The monoisotopic (exact) mass is 1530 g/mol. The van der Waals surface area contributed by atoms with Gasteiger partial charge < -0.3 is 64.8 Å². The lowest BCUT2D eigenvalue weighted by Crippen LogP contribution is -2.68. The average molecular weight is 1530 g/mol. The highest BCUT2D eigenvalue weighted by molar-refractivity contribution is 6.01. The molecule has 4 saturated carbocycles. The Labute approximate surface area is 623 Å². The average Bonchev–Trinajstić information content (AvgIpc) is 1.70. The number of fused-ring (bicyclic) bond motifs is 3. The van der Waals surface area contributed by atoms with Gasteiger partial charge in [0.05, 0.1) is 31.5 Å². The molecule has 7 rings (SSSR count). The molecule has 25 nitrogen and oxygen atoms in total. The van der Waals surface area contributed by atoms with Crippen molar-refractivity contribution in [2.45, 2.75) is 273 Å². The van der Waals surface area contributed by atoms with Crippen molar-refractivity contribution in [2.75, 3.05) is 88.7 Å². The first-order valence-corrected chi connectivity index (χ1v) is 38.6. The smallest absolute Gasteiger partial charge is 0.377 e. The molecular formula is C74H116F8N12O13. The Balaban J connectivity index is 1.32. The number of carbonyl (C=O) groups excluding carboxylic acids is 12. The molecule has 3 heterocycles. The fraction of sp³-hybridized carbons (Fsp3) is 0.838. The van der Waals surface area contributed by atoms with Crippen molar-refractivity contribution < 1.29 is 97.4 Å². The van der Waals surface area contributed by atoms with Crippen LogP contribution in [0.5, 0.6) is 0 Å². The van der Waals surface area contributed by atoms with Gasteiger partial charge >= 0.3 is 12.4 Å². The molecule has 0 aromatic heterocycles. The maximum Gasteiger partial charge on any atom is 0.397 e. The summed E-state index contributed by atoms with van der Waals surface area (Å²) in [5, 5.41) is 8.40. The second-order valence-corrected chi connectivity index (χ2v) is 31.5. The highest BCUT2D eigenvalue weighted by atomic mass is 19.4. The van der Waals surface area contributed by atoms with Gasteiger partial charge in [-0.3, -0.25) is 57.5 Å². The number of ether oxygens (including phenoxy) is 1. The molecule has 3 N–H and O–H groups in total. The maximum absolute atomic E-state index is 15.8. The van der Waals surface area contributed by atoms with Crippen LogP contribution >= 0.6 is 0 Å². The van der Waals surface area contributed by atoms with E-state index in [9.17, 15) is 55.1 Å². The van der Waals surface area contributed by atoms with Gasteiger partial charge in [0.2, 0.25) is 70.9 Å². The summed E-state index contributed by atoms with van der Waals surface area (Å²) in [6.07, 6.45) is -15.5. The number of nitrogens with zero attached hydrogens (tertiary/aromatic N) is 9. The standard InChI is InChI=1S/C74H116F8N12O13/c1-13-33-92-56(66(101)86(6)7)39-58(96)89(10)52(15-3)63(98)84-61(43(5)14-2)69(104)88(9)42-59(97)90(11)53-24-19-20-34-93(68(53)103)55(37-44-25-28-47(29-26-44)73(77,78)79)67(102)87(8)41-57(95)83-51(30-27-45-35-49(75)60(50(76)36-45)74(80,81)82)65(100)94-40-48(107-16-4)38-54(94)64(99)85-72(31-21-32-72)71(106)91(12)62(70(92)105)46-22-17-18-23-46/h43-56,60-62H,13-42H2,1-12H3,(H,83,95)(H,84,98)(H,85,99)/t43-,44?,45?,47?,48+,49?,50?,51-,52-,53-,54-,55-,56-,60?,61-,62-/m0/s1. The molecule has 4 aliphatic carbocycles. The third-order valence-electron chi connectivity index (χ3n) is 24.0. The Kier molecular flexibility index (Phi) is 30.7. The molecule has 2 unspecified atom stereocenters. The number of alkyl halides is 8. The molecule has 2 bridgehead atoms. The van der Waals surface area contributed by atoms with Crippen molar-refractivity contribution >= 4 is 70.9 Å². The van der Waals surface area contributed by atoms with Crippen LogP contribution in [0.4, 0.5) is 35.1 Å². The van der Waals surface area contributed by atoms with Gasteiger partial charge in [0.15, 0.2) is 0 Å². The minimum atomic E-state index is -5.21. The van der Waals surface area contributed by atoms with Crippen LogP contribution in [0, 0.1) is 35.5 Å². The van der Waals surface area contributed by atoms with Crippen molar-refractivity contribution in [3.05, 3.63) is 0 Å². The first kappa shape index (κ1) is 87.3. The van der Waals surface area contributed by atoms with Crippen molar-refractivity contribution in [3.63, 3.8) is 0 Å². The SMILES string of the molecule is CCCN1C(=O)[C@H](C2CCCC2)N(C)C(=O)C2(CCC2)NC(=O)[C@@H]2C[C@@H](OCC)CN2C(=O)[C@H](CCC2CC(F)C(C(F)(F)F)C(F)C2)NC(=O)CN(C)C(=O)[C@H](CC2CCC(C(F)(F)F)CC2)N2CCCC[C@@H](C2=O)N(C)C(=O)CN(C)C(=O)[C@H]([C@@H](C)CC)NC(=O)[C@H](CC)N(C)C(=O)C[C@H]1C(=O)N(C)C. The summed E-state index contributed by atoms with van der Waals surface area (Å²) in [6, 6.07) is -11.2. The lowest BCUT2D eigenvalue weighted by atomic mass is 9.74. The van der Waals surface area contributed by atoms with Crippen LogP contribution in [0.25, 0.3) is 0 Å². The Morgan fingerprint density at radius 2 is 1.24 bits per heavy atom. The minimum absolute atomic E-state index is 0.00569. The topological polar surface area (TPSA) is 279 Å². The highest BCUT2D eigenvalue weighted by Gasteiger charge is 2.56. The van der Waals surface area contributed by atoms with Crippen molar-refractivity contribution in [3.8, 4) is 0 Å². The molecule has 33 heteroatoms. The van der Waals surface area contributed by atoms with Crippen molar-refractivity contribution in [2.24, 2.45) is 35.5 Å². The fourth-order valence-corrected chi connectivity index (χ4v) is 17.3.